The maximum Gasteiger partial charge on any atom is 0.249 e. The van der Waals surface area contributed by atoms with Crippen molar-refractivity contribution in [1.29, 1.82) is 0 Å². The highest BCUT2D eigenvalue weighted by molar-refractivity contribution is 5.79. The summed E-state index contributed by atoms with van der Waals surface area (Å²) in [5, 5.41) is 18.4. The van der Waals surface area contributed by atoms with Crippen LogP contribution < -0.4 is 5.73 Å². The molecule has 5 heteroatoms. The van der Waals surface area contributed by atoms with Crippen LogP contribution in [0.5, 0.6) is 0 Å². The predicted molar refractivity (Wildman–Crippen MR) is 43.6 cm³/mol. The molecule has 1 heterocycles. The third-order valence-electron chi connectivity index (χ3n) is 1.64. The number of aliphatic hydroxyl groups excluding tert-OH is 2. The molecule has 0 aliphatic rings. The fourth-order valence-corrected chi connectivity index (χ4v) is 0.924. The molecular formula is C8H11NO4. The first-order valence-electron chi connectivity index (χ1n) is 3.74. The summed E-state index contributed by atoms with van der Waals surface area (Å²) in [7, 11) is 0. The van der Waals surface area contributed by atoms with Crippen LogP contribution in [-0.4, -0.2) is 22.2 Å². The maximum atomic E-state index is 10.5. The van der Waals surface area contributed by atoms with E-state index in [-0.39, 0.29) is 5.76 Å². The smallest absolute Gasteiger partial charge is 0.249 e. The lowest BCUT2D eigenvalue weighted by molar-refractivity contribution is -0.132. The molecule has 72 valence electrons. The van der Waals surface area contributed by atoms with Crippen LogP contribution in [0, 0.1) is 6.92 Å². The number of nitrogens with two attached hydrogens (primary N) is 1. The number of aliphatic hydroxyl groups is 2. The number of aryl methyl sites for hydroxylation is 1. The van der Waals surface area contributed by atoms with Crippen molar-refractivity contribution in [3.05, 3.63) is 23.7 Å². The third-order valence-corrected chi connectivity index (χ3v) is 1.64. The molecule has 2 unspecified atom stereocenters. The topological polar surface area (TPSA) is 96.7 Å². The summed E-state index contributed by atoms with van der Waals surface area (Å²) in [4.78, 5) is 10.5. The van der Waals surface area contributed by atoms with Gasteiger partial charge in [0.05, 0.1) is 0 Å². The largest absolute Gasteiger partial charge is 0.463 e. The maximum absolute atomic E-state index is 10.5. The zero-order valence-electron chi connectivity index (χ0n) is 7.10. The normalized spacial score (nSPS) is 15.3. The van der Waals surface area contributed by atoms with E-state index in [9.17, 15) is 9.90 Å². The van der Waals surface area contributed by atoms with Gasteiger partial charge in [-0.05, 0) is 19.1 Å². The predicted octanol–water partition coefficient (Wildman–Crippen LogP) is -0.532. The van der Waals surface area contributed by atoms with Gasteiger partial charge in [0, 0.05) is 0 Å². The molecule has 0 aromatic carbocycles. The SMILES string of the molecule is Cc1ccc(C(O)C(O)C(N)=O)o1. The fourth-order valence-electron chi connectivity index (χ4n) is 0.924. The van der Waals surface area contributed by atoms with E-state index < -0.39 is 18.1 Å². The van der Waals surface area contributed by atoms with Crippen molar-refractivity contribution in [2.75, 3.05) is 0 Å². The van der Waals surface area contributed by atoms with Gasteiger partial charge in [-0.1, -0.05) is 0 Å². The minimum Gasteiger partial charge on any atom is -0.463 e. The second-order valence-corrected chi connectivity index (χ2v) is 2.74. The number of hydrogen-bond donors (Lipinski definition) is 3. The fraction of sp³-hybridized carbons (Fsp3) is 0.375. The summed E-state index contributed by atoms with van der Waals surface area (Å²) in [5.41, 5.74) is 4.79. The molecule has 0 saturated carbocycles. The van der Waals surface area contributed by atoms with E-state index in [4.69, 9.17) is 15.3 Å². The first-order valence-corrected chi connectivity index (χ1v) is 3.74. The van der Waals surface area contributed by atoms with Gasteiger partial charge in [0.25, 0.3) is 0 Å². The number of hydrogen-bond acceptors (Lipinski definition) is 4. The molecule has 0 radical (unpaired) electrons. The Morgan fingerprint density at radius 1 is 1.54 bits per heavy atom. The van der Waals surface area contributed by atoms with Crippen LogP contribution in [0.3, 0.4) is 0 Å². The Labute approximate surface area is 74.8 Å². The molecule has 1 aromatic heterocycles. The van der Waals surface area contributed by atoms with E-state index in [1.165, 1.54) is 6.07 Å². The van der Waals surface area contributed by atoms with Crippen molar-refractivity contribution in [3.8, 4) is 0 Å². The van der Waals surface area contributed by atoms with Crippen LogP contribution in [0.1, 0.15) is 17.6 Å². The van der Waals surface area contributed by atoms with Crippen LogP contribution in [-0.2, 0) is 4.79 Å². The van der Waals surface area contributed by atoms with E-state index in [0.29, 0.717) is 5.76 Å². The molecule has 13 heavy (non-hydrogen) atoms. The lowest BCUT2D eigenvalue weighted by Crippen LogP contribution is -2.33. The van der Waals surface area contributed by atoms with E-state index in [0.717, 1.165) is 0 Å². The Hall–Kier alpha value is -1.33. The van der Waals surface area contributed by atoms with Crippen molar-refractivity contribution < 1.29 is 19.4 Å². The third kappa shape index (κ3) is 2.07. The molecule has 0 saturated heterocycles. The number of amides is 1. The lowest BCUT2D eigenvalue weighted by atomic mass is 10.1. The molecule has 0 aliphatic heterocycles. The second-order valence-electron chi connectivity index (χ2n) is 2.74. The van der Waals surface area contributed by atoms with E-state index in [1.807, 2.05) is 0 Å². The Morgan fingerprint density at radius 2 is 2.15 bits per heavy atom. The summed E-state index contributed by atoms with van der Waals surface area (Å²) in [6.45, 7) is 1.69. The van der Waals surface area contributed by atoms with Gasteiger partial charge < -0.3 is 20.4 Å². The molecule has 4 N–H and O–H groups in total. The van der Waals surface area contributed by atoms with Crippen molar-refractivity contribution in [3.63, 3.8) is 0 Å². The molecule has 1 rings (SSSR count). The summed E-state index contributed by atoms with van der Waals surface area (Å²) in [6, 6.07) is 3.10. The average molecular weight is 185 g/mol. The van der Waals surface area contributed by atoms with Crippen LogP contribution in [0.25, 0.3) is 0 Å². The molecule has 1 aromatic rings. The second kappa shape index (κ2) is 3.59. The summed E-state index contributed by atoms with van der Waals surface area (Å²) >= 11 is 0. The van der Waals surface area contributed by atoms with E-state index >= 15 is 0 Å². The highest BCUT2D eigenvalue weighted by atomic mass is 16.4. The first-order chi connectivity index (χ1) is 6.02. The van der Waals surface area contributed by atoms with Crippen LogP contribution >= 0.6 is 0 Å². The highest BCUT2D eigenvalue weighted by Crippen LogP contribution is 2.18. The lowest BCUT2D eigenvalue weighted by Gasteiger charge is -2.11. The molecule has 1 amide bonds. The molecule has 0 bridgehead atoms. The molecule has 2 atom stereocenters. The zero-order chi connectivity index (χ0) is 10.0. The van der Waals surface area contributed by atoms with E-state index in [1.54, 1.807) is 13.0 Å². The van der Waals surface area contributed by atoms with Gasteiger partial charge in [-0.15, -0.1) is 0 Å². The number of primary amides is 1. The van der Waals surface area contributed by atoms with Crippen LogP contribution in [0.15, 0.2) is 16.5 Å². The first kappa shape index (κ1) is 9.76. The molecule has 5 nitrogen and oxygen atoms in total. The Kier molecular flexibility index (Phi) is 2.69. The molecule has 0 spiro atoms. The Bertz CT molecular complexity index is 307. The van der Waals surface area contributed by atoms with Crippen molar-refractivity contribution in [2.45, 2.75) is 19.1 Å². The average Bonchev–Trinajstić information content (AvgIpc) is 2.49. The van der Waals surface area contributed by atoms with Crippen LogP contribution in [0.4, 0.5) is 0 Å². The van der Waals surface area contributed by atoms with Gasteiger partial charge in [-0.2, -0.15) is 0 Å². The Morgan fingerprint density at radius 3 is 2.54 bits per heavy atom. The summed E-state index contributed by atoms with van der Waals surface area (Å²) < 4.78 is 5.00. The number of furan rings is 1. The zero-order valence-corrected chi connectivity index (χ0v) is 7.10. The van der Waals surface area contributed by atoms with Crippen molar-refractivity contribution in [2.24, 2.45) is 5.73 Å². The summed E-state index contributed by atoms with van der Waals surface area (Å²) in [5.74, 6) is -0.268. The van der Waals surface area contributed by atoms with Gasteiger partial charge in [-0.3, -0.25) is 4.79 Å². The molecular weight excluding hydrogens is 174 g/mol. The van der Waals surface area contributed by atoms with E-state index in [2.05, 4.69) is 0 Å². The quantitative estimate of drug-likeness (QED) is 0.589. The minimum absolute atomic E-state index is 0.129. The number of rotatable bonds is 3. The molecule has 0 aliphatic carbocycles. The minimum atomic E-state index is -1.63. The van der Waals surface area contributed by atoms with Crippen molar-refractivity contribution in [1.82, 2.24) is 0 Å². The standard InChI is InChI=1S/C8H11NO4/c1-4-2-3-5(13-4)6(10)7(11)8(9)12/h2-3,6-7,10-11H,1H3,(H2,9,12). The number of carbonyl (C=O) groups excluding carboxylic acids is 1. The Balaban J connectivity index is 2.78. The highest BCUT2D eigenvalue weighted by Gasteiger charge is 2.25. The monoisotopic (exact) mass is 185 g/mol. The van der Waals surface area contributed by atoms with Gasteiger partial charge in [0.1, 0.15) is 17.6 Å². The molecule has 0 fully saturated rings. The number of carbonyl (C=O) groups is 1. The van der Waals surface area contributed by atoms with Gasteiger partial charge in [-0.25, -0.2) is 0 Å². The summed E-state index contributed by atoms with van der Waals surface area (Å²) in [6.07, 6.45) is -3.03. The van der Waals surface area contributed by atoms with Crippen molar-refractivity contribution >= 4 is 5.91 Å². The van der Waals surface area contributed by atoms with Crippen LogP contribution in [0.2, 0.25) is 0 Å². The van der Waals surface area contributed by atoms with Gasteiger partial charge in [0.2, 0.25) is 5.91 Å². The van der Waals surface area contributed by atoms with Gasteiger partial charge in [0.15, 0.2) is 6.10 Å². The van der Waals surface area contributed by atoms with Gasteiger partial charge >= 0.3 is 0 Å².